The molecular weight excluding hydrogens is 475 g/mol. The molecule has 0 spiro atoms. The van der Waals surface area contributed by atoms with E-state index in [0.29, 0.717) is 34.3 Å². The molecule has 2 aromatic carbocycles. The highest BCUT2D eigenvalue weighted by molar-refractivity contribution is 6.35. The third-order valence-electron chi connectivity index (χ3n) is 4.29. The number of aromatic hydroxyl groups is 1. The molecule has 29 heavy (non-hydrogen) atoms. The first-order valence-electron chi connectivity index (χ1n) is 8.23. The first kappa shape index (κ1) is 25.9. The summed E-state index contributed by atoms with van der Waals surface area (Å²) < 4.78 is 41.1. The number of nitrogens with zero attached hydrogens (tertiary/aromatic N) is 1. The molecular formula is C18H19Cl4F3N2O2. The van der Waals surface area contributed by atoms with Gasteiger partial charge < -0.3 is 15.2 Å². The smallest absolute Gasteiger partial charge is 0.507 e. The van der Waals surface area contributed by atoms with Crippen LogP contribution in [0.15, 0.2) is 36.4 Å². The summed E-state index contributed by atoms with van der Waals surface area (Å²) in [6.07, 6.45) is -4.75. The summed E-state index contributed by atoms with van der Waals surface area (Å²) in [5, 5.41) is 14.3. The molecule has 0 aliphatic carbocycles. The van der Waals surface area contributed by atoms with Crippen LogP contribution in [0.25, 0.3) is 0 Å². The Morgan fingerprint density at radius 1 is 1.03 bits per heavy atom. The molecule has 0 aromatic heterocycles. The monoisotopic (exact) mass is 492 g/mol. The highest BCUT2D eigenvalue weighted by Gasteiger charge is 2.32. The summed E-state index contributed by atoms with van der Waals surface area (Å²) >= 11 is 12.3. The molecule has 11 heteroatoms. The van der Waals surface area contributed by atoms with Crippen molar-refractivity contribution in [2.45, 2.75) is 12.4 Å². The Morgan fingerprint density at radius 3 is 2.14 bits per heavy atom. The molecule has 2 N–H and O–H groups in total. The molecule has 1 aliphatic heterocycles. The minimum Gasteiger partial charge on any atom is -0.507 e. The van der Waals surface area contributed by atoms with Crippen LogP contribution >= 0.6 is 48.0 Å². The van der Waals surface area contributed by atoms with Crippen LogP contribution in [0, 0.1) is 0 Å². The molecule has 0 bridgehead atoms. The number of piperazine rings is 1. The SMILES string of the molecule is Cl.Cl.Oc1cc(Cl)cc(Cl)c1[C@@H](c1ccc(OC(F)(F)F)cc1)N1CCNCC1. The number of benzene rings is 2. The van der Waals surface area contributed by atoms with Gasteiger partial charge in [-0.1, -0.05) is 35.3 Å². The third-order valence-corrected chi connectivity index (χ3v) is 4.82. The van der Waals surface area contributed by atoms with E-state index in [4.69, 9.17) is 23.2 Å². The number of alkyl halides is 3. The van der Waals surface area contributed by atoms with Gasteiger partial charge in [0.25, 0.3) is 0 Å². The van der Waals surface area contributed by atoms with E-state index in [2.05, 4.69) is 15.0 Å². The maximum Gasteiger partial charge on any atom is 0.573 e. The van der Waals surface area contributed by atoms with E-state index in [1.165, 1.54) is 36.4 Å². The van der Waals surface area contributed by atoms with Crippen LogP contribution in [-0.2, 0) is 0 Å². The van der Waals surface area contributed by atoms with Crippen LogP contribution in [0.4, 0.5) is 13.2 Å². The number of phenols is 1. The zero-order chi connectivity index (χ0) is 19.6. The van der Waals surface area contributed by atoms with Crippen molar-refractivity contribution < 1.29 is 23.0 Å². The lowest BCUT2D eigenvalue weighted by Gasteiger charge is -2.36. The molecule has 4 nitrogen and oxygen atoms in total. The third kappa shape index (κ3) is 6.70. The standard InChI is InChI=1S/C18H17Cl2F3N2O2.2ClH/c19-12-9-14(20)16(15(26)10-12)17(25-7-5-24-6-8-25)11-1-3-13(4-2-11)27-18(21,22)23;;/h1-4,9-10,17,24,26H,5-8H2;2*1H/t17-;;/m1../s1. The summed E-state index contributed by atoms with van der Waals surface area (Å²) in [5.41, 5.74) is 1.15. The fourth-order valence-electron chi connectivity index (χ4n) is 3.19. The van der Waals surface area contributed by atoms with Crippen molar-refractivity contribution >= 4 is 48.0 Å². The molecule has 2 aromatic rings. The first-order valence-corrected chi connectivity index (χ1v) is 8.98. The summed E-state index contributed by atoms with van der Waals surface area (Å²) in [5.74, 6) is -0.372. The maximum absolute atomic E-state index is 12.4. The van der Waals surface area contributed by atoms with Crippen LogP contribution in [-0.4, -0.2) is 42.5 Å². The number of hydrogen-bond donors (Lipinski definition) is 2. The zero-order valence-electron chi connectivity index (χ0n) is 14.9. The highest BCUT2D eigenvalue weighted by atomic mass is 35.5. The summed E-state index contributed by atoms with van der Waals surface area (Å²) in [4.78, 5) is 2.10. The van der Waals surface area contributed by atoms with Gasteiger partial charge in [0.15, 0.2) is 0 Å². The molecule has 1 heterocycles. The van der Waals surface area contributed by atoms with E-state index in [0.717, 1.165) is 13.1 Å². The van der Waals surface area contributed by atoms with Crippen molar-refractivity contribution in [3.63, 3.8) is 0 Å². The van der Waals surface area contributed by atoms with Gasteiger partial charge in [-0.15, -0.1) is 38.0 Å². The second-order valence-corrected chi connectivity index (χ2v) is 6.97. The van der Waals surface area contributed by atoms with Crippen molar-refractivity contribution in [2.75, 3.05) is 26.2 Å². The van der Waals surface area contributed by atoms with Crippen molar-refractivity contribution in [1.29, 1.82) is 0 Å². The van der Waals surface area contributed by atoms with Gasteiger partial charge in [-0.25, -0.2) is 0 Å². The predicted octanol–water partition coefficient (Wildman–Crippen LogP) is 5.44. The Hall–Kier alpha value is -1.09. The molecule has 0 amide bonds. The number of phenolic OH excluding ortho intramolecular Hbond substituents is 1. The zero-order valence-corrected chi connectivity index (χ0v) is 18.0. The fraction of sp³-hybridized carbons (Fsp3) is 0.333. The molecule has 1 aliphatic rings. The minimum atomic E-state index is -4.75. The molecule has 162 valence electrons. The number of halogens is 7. The Balaban J connectivity index is 0.00000210. The van der Waals surface area contributed by atoms with Crippen LogP contribution < -0.4 is 10.1 Å². The quantitative estimate of drug-likeness (QED) is 0.595. The fourth-order valence-corrected chi connectivity index (χ4v) is 3.78. The Labute approximate surface area is 188 Å². The molecule has 0 radical (unpaired) electrons. The topological polar surface area (TPSA) is 44.7 Å². The van der Waals surface area contributed by atoms with Gasteiger partial charge in [-0.05, 0) is 29.8 Å². The van der Waals surface area contributed by atoms with Crippen LogP contribution in [0.5, 0.6) is 11.5 Å². The van der Waals surface area contributed by atoms with Crippen LogP contribution in [0.2, 0.25) is 10.0 Å². The normalized spacial score (nSPS) is 15.8. The number of nitrogens with one attached hydrogen (secondary N) is 1. The first-order chi connectivity index (χ1) is 12.7. The molecule has 0 unspecified atom stereocenters. The second kappa shape index (κ2) is 10.8. The van der Waals surface area contributed by atoms with E-state index >= 15 is 0 Å². The average molecular weight is 494 g/mol. The lowest BCUT2D eigenvalue weighted by atomic mass is 9.95. The Bertz CT molecular complexity index is 778. The van der Waals surface area contributed by atoms with Crippen LogP contribution in [0.3, 0.4) is 0 Å². The second-order valence-electron chi connectivity index (χ2n) is 6.13. The van der Waals surface area contributed by atoms with E-state index in [1.54, 1.807) is 0 Å². The molecule has 1 saturated heterocycles. The summed E-state index contributed by atoms with van der Waals surface area (Å²) in [6.45, 7) is 2.86. The van der Waals surface area contributed by atoms with Gasteiger partial charge in [0.05, 0.1) is 11.1 Å². The minimum absolute atomic E-state index is 0. The molecule has 0 saturated carbocycles. The van der Waals surface area contributed by atoms with E-state index in [9.17, 15) is 18.3 Å². The molecule has 1 fully saturated rings. The average Bonchev–Trinajstić information content (AvgIpc) is 2.58. The van der Waals surface area contributed by atoms with Crippen molar-refractivity contribution in [2.24, 2.45) is 0 Å². The Kier molecular flexibility index (Phi) is 9.66. The molecule has 1 atom stereocenters. The van der Waals surface area contributed by atoms with E-state index in [1.807, 2.05) is 0 Å². The largest absolute Gasteiger partial charge is 0.573 e. The Morgan fingerprint density at radius 2 is 1.62 bits per heavy atom. The number of hydrogen-bond acceptors (Lipinski definition) is 4. The molecule has 3 rings (SSSR count). The van der Waals surface area contributed by atoms with Gasteiger partial charge in [-0.2, -0.15) is 0 Å². The van der Waals surface area contributed by atoms with Gasteiger partial charge in [0, 0.05) is 36.8 Å². The van der Waals surface area contributed by atoms with Gasteiger partial charge in [0.2, 0.25) is 0 Å². The predicted molar refractivity (Wildman–Crippen MR) is 112 cm³/mol. The van der Waals surface area contributed by atoms with E-state index < -0.39 is 12.4 Å². The number of rotatable bonds is 4. The van der Waals surface area contributed by atoms with Crippen LogP contribution in [0.1, 0.15) is 17.2 Å². The lowest BCUT2D eigenvalue weighted by Crippen LogP contribution is -2.45. The van der Waals surface area contributed by atoms with Crippen molar-refractivity contribution in [3.8, 4) is 11.5 Å². The van der Waals surface area contributed by atoms with Gasteiger partial charge >= 0.3 is 6.36 Å². The highest BCUT2D eigenvalue weighted by Crippen LogP contribution is 2.41. The van der Waals surface area contributed by atoms with Crippen molar-refractivity contribution in [1.82, 2.24) is 10.2 Å². The van der Waals surface area contributed by atoms with Crippen molar-refractivity contribution in [3.05, 3.63) is 57.6 Å². The number of ether oxygens (including phenoxy) is 1. The van der Waals surface area contributed by atoms with Gasteiger partial charge in [0.1, 0.15) is 11.5 Å². The summed E-state index contributed by atoms with van der Waals surface area (Å²) in [7, 11) is 0. The van der Waals surface area contributed by atoms with Gasteiger partial charge in [-0.3, -0.25) is 4.90 Å². The lowest BCUT2D eigenvalue weighted by molar-refractivity contribution is -0.274. The summed E-state index contributed by atoms with van der Waals surface area (Å²) in [6, 6.07) is 8.08. The maximum atomic E-state index is 12.4. The van der Waals surface area contributed by atoms with E-state index in [-0.39, 0.29) is 36.3 Å².